The average Bonchev–Trinajstić information content (AvgIpc) is 3.11. The Kier molecular flexibility index (Phi) is 5.92. The second-order valence-electron chi connectivity index (χ2n) is 6.44. The van der Waals surface area contributed by atoms with Crippen molar-refractivity contribution in [3.8, 4) is 11.6 Å². The number of carbonyl (C=O) groups is 2. The van der Waals surface area contributed by atoms with Crippen LogP contribution in [-0.4, -0.2) is 21.8 Å². The molecule has 0 saturated carbocycles. The number of anilines is 1. The first-order valence-electron chi connectivity index (χ1n) is 8.96. The number of thiazole rings is 1. The number of hydrogen-bond acceptors (Lipinski definition) is 6. The Labute approximate surface area is 188 Å². The Morgan fingerprint density at radius 3 is 2.81 bits per heavy atom. The van der Waals surface area contributed by atoms with Crippen molar-refractivity contribution in [2.24, 2.45) is 5.73 Å². The van der Waals surface area contributed by atoms with E-state index in [1.807, 2.05) is 18.2 Å². The van der Waals surface area contributed by atoms with Crippen LogP contribution in [-0.2, 0) is 11.2 Å². The molecule has 0 bridgehead atoms. The summed E-state index contributed by atoms with van der Waals surface area (Å²) in [5.41, 5.74) is 6.53. The quantitative estimate of drug-likeness (QED) is 0.400. The van der Waals surface area contributed by atoms with Gasteiger partial charge in [-0.25, -0.2) is 14.4 Å². The first-order chi connectivity index (χ1) is 14.9. The lowest BCUT2D eigenvalue weighted by Gasteiger charge is -2.09. The number of nitrogens with one attached hydrogen (secondary N) is 1. The predicted molar refractivity (Wildman–Crippen MR) is 119 cm³/mol. The molecule has 0 fully saturated rings. The van der Waals surface area contributed by atoms with Gasteiger partial charge in [-0.15, -0.1) is 0 Å². The van der Waals surface area contributed by atoms with Crippen LogP contribution in [0.5, 0.6) is 11.6 Å². The Morgan fingerprint density at radius 2 is 2.03 bits per heavy atom. The number of pyridine rings is 1. The molecule has 10 heteroatoms. The van der Waals surface area contributed by atoms with Crippen molar-refractivity contribution in [2.45, 2.75) is 6.42 Å². The first kappa shape index (κ1) is 20.9. The number of ether oxygens (including phenoxy) is 1. The number of nitrogens with two attached hydrogens (primary N) is 1. The van der Waals surface area contributed by atoms with Crippen LogP contribution in [0.2, 0.25) is 0 Å². The predicted octanol–water partition coefficient (Wildman–Crippen LogP) is 4.67. The van der Waals surface area contributed by atoms with Crippen LogP contribution in [0, 0.1) is 5.82 Å². The number of halogens is 2. The van der Waals surface area contributed by atoms with Crippen LogP contribution < -0.4 is 15.8 Å². The highest BCUT2D eigenvalue weighted by atomic mass is 79.9. The molecule has 2 heterocycles. The summed E-state index contributed by atoms with van der Waals surface area (Å²) in [7, 11) is 0. The third kappa shape index (κ3) is 4.86. The number of benzene rings is 2. The molecule has 4 aromatic rings. The van der Waals surface area contributed by atoms with Crippen LogP contribution in [0.3, 0.4) is 0 Å². The van der Waals surface area contributed by atoms with Gasteiger partial charge in [0.1, 0.15) is 5.56 Å². The van der Waals surface area contributed by atoms with Crippen LogP contribution in [0.15, 0.2) is 59.2 Å². The zero-order chi connectivity index (χ0) is 22.0. The minimum atomic E-state index is -0.737. The summed E-state index contributed by atoms with van der Waals surface area (Å²) in [6.07, 6.45) is 1.35. The van der Waals surface area contributed by atoms with Gasteiger partial charge < -0.3 is 15.8 Å². The van der Waals surface area contributed by atoms with Gasteiger partial charge in [0.15, 0.2) is 16.7 Å². The Morgan fingerprint density at radius 1 is 1.19 bits per heavy atom. The smallest absolute Gasteiger partial charge is 0.254 e. The molecule has 0 spiro atoms. The highest BCUT2D eigenvalue weighted by Gasteiger charge is 2.15. The van der Waals surface area contributed by atoms with E-state index in [-0.39, 0.29) is 29.5 Å². The van der Waals surface area contributed by atoms with Gasteiger partial charge in [-0.3, -0.25) is 9.59 Å². The number of carbonyl (C=O) groups excluding carboxylic acids is 2. The molecule has 0 unspecified atom stereocenters. The van der Waals surface area contributed by atoms with E-state index in [1.54, 1.807) is 6.07 Å². The van der Waals surface area contributed by atoms with Gasteiger partial charge in [0, 0.05) is 10.7 Å². The summed E-state index contributed by atoms with van der Waals surface area (Å²) < 4.78 is 21.7. The van der Waals surface area contributed by atoms with Crippen molar-refractivity contribution in [3.05, 3.63) is 76.1 Å². The average molecular weight is 501 g/mol. The Bertz CT molecular complexity index is 1310. The highest BCUT2D eigenvalue weighted by molar-refractivity contribution is 9.10. The maximum atomic E-state index is 14.5. The number of primary amides is 1. The van der Waals surface area contributed by atoms with Gasteiger partial charge in [0.25, 0.3) is 5.91 Å². The topological polar surface area (TPSA) is 107 Å². The van der Waals surface area contributed by atoms with Gasteiger partial charge in [-0.1, -0.05) is 33.3 Å². The number of aromatic nitrogens is 2. The molecular formula is C21H14BrFN4O3S. The van der Waals surface area contributed by atoms with E-state index in [9.17, 15) is 14.0 Å². The molecule has 0 aliphatic carbocycles. The van der Waals surface area contributed by atoms with Crippen molar-refractivity contribution in [2.75, 3.05) is 5.32 Å². The molecule has 0 saturated heterocycles. The SMILES string of the molecule is NC(=O)c1cccnc1Oc1ccc(CC(=O)Nc2nc3cc(Br)ccc3s2)cc1F. The standard InChI is InChI=1S/C21H14BrFN4O3S/c22-12-4-6-17-15(10-12)26-21(31-17)27-18(28)9-11-3-5-16(14(23)8-11)30-20-13(19(24)29)2-1-7-25-20/h1-8,10H,9H2,(H2,24,29)(H,26,27,28). The summed E-state index contributed by atoms with van der Waals surface area (Å²) in [5.74, 6) is -1.99. The molecule has 31 heavy (non-hydrogen) atoms. The van der Waals surface area contributed by atoms with Crippen molar-refractivity contribution >= 4 is 54.4 Å². The third-order valence-corrected chi connectivity index (χ3v) is 5.65. The van der Waals surface area contributed by atoms with Crippen LogP contribution in [0.4, 0.5) is 9.52 Å². The maximum absolute atomic E-state index is 14.5. The largest absolute Gasteiger partial charge is 0.435 e. The number of hydrogen-bond donors (Lipinski definition) is 2. The van der Waals surface area contributed by atoms with E-state index in [0.29, 0.717) is 10.7 Å². The second-order valence-corrected chi connectivity index (χ2v) is 8.39. The molecule has 0 radical (unpaired) electrons. The molecule has 156 valence electrons. The minimum Gasteiger partial charge on any atom is -0.435 e. The lowest BCUT2D eigenvalue weighted by Crippen LogP contribution is -2.14. The summed E-state index contributed by atoms with van der Waals surface area (Å²) in [6.45, 7) is 0. The fourth-order valence-corrected chi connectivity index (χ4v) is 4.02. The molecule has 2 aromatic carbocycles. The van der Waals surface area contributed by atoms with E-state index in [0.717, 1.165) is 14.7 Å². The van der Waals surface area contributed by atoms with Crippen molar-refractivity contribution in [1.82, 2.24) is 9.97 Å². The van der Waals surface area contributed by atoms with Crippen LogP contribution >= 0.6 is 27.3 Å². The van der Waals surface area contributed by atoms with Gasteiger partial charge in [-0.05, 0) is 48.0 Å². The number of amides is 2. The zero-order valence-corrected chi connectivity index (χ0v) is 18.2. The van der Waals surface area contributed by atoms with Crippen molar-refractivity contribution < 1.29 is 18.7 Å². The fourth-order valence-electron chi connectivity index (χ4n) is 2.80. The van der Waals surface area contributed by atoms with Gasteiger partial charge >= 0.3 is 0 Å². The van der Waals surface area contributed by atoms with E-state index < -0.39 is 11.7 Å². The highest BCUT2D eigenvalue weighted by Crippen LogP contribution is 2.29. The number of rotatable bonds is 6. The van der Waals surface area contributed by atoms with E-state index in [4.69, 9.17) is 10.5 Å². The van der Waals surface area contributed by atoms with E-state index in [1.165, 1.54) is 41.8 Å². The minimum absolute atomic E-state index is 0.0354. The van der Waals surface area contributed by atoms with Gasteiger partial charge in [-0.2, -0.15) is 0 Å². The van der Waals surface area contributed by atoms with E-state index in [2.05, 4.69) is 31.2 Å². The molecule has 0 aliphatic rings. The lowest BCUT2D eigenvalue weighted by molar-refractivity contribution is -0.115. The monoisotopic (exact) mass is 500 g/mol. The fraction of sp³-hybridized carbons (Fsp3) is 0.0476. The molecule has 7 nitrogen and oxygen atoms in total. The number of nitrogens with zero attached hydrogens (tertiary/aromatic N) is 2. The van der Waals surface area contributed by atoms with Crippen LogP contribution in [0.1, 0.15) is 15.9 Å². The van der Waals surface area contributed by atoms with E-state index >= 15 is 0 Å². The Balaban J connectivity index is 1.45. The second kappa shape index (κ2) is 8.78. The molecule has 3 N–H and O–H groups in total. The molecule has 0 atom stereocenters. The third-order valence-electron chi connectivity index (χ3n) is 4.20. The zero-order valence-electron chi connectivity index (χ0n) is 15.8. The first-order valence-corrected chi connectivity index (χ1v) is 10.6. The van der Waals surface area contributed by atoms with Crippen molar-refractivity contribution in [1.29, 1.82) is 0 Å². The lowest BCUT2D eigenvalue weighted by atomic mass is 10.1. The molecule has 4 rings (SSSR count). The van der Waals surface area contributed by atoms with Crippen molar-refractivity contribution in [3.63, 3.8) is 0 Å². The molecule has 0 aliphatic heterocycles. The molecular weight excluding hydrogens is 487 g/mol. The maximum Gasteiger partial charge on any atom is 0.254 e. The molecule has 2 aromatic heterocycles. The van der Waals surface area contributed by atoms with Gasteiger partial charge in [0.05, 0.1) is 16.6 Å². The van der Waals surface area contributed by atoms with Crippen LogP contribution in [0.25, 0.3) is 10.2 Å². The normalized spacial score (nSPS) is 10.8. The summed E-state index contributed by atoms with van der Waals surface area (Å²) >= 11 is 4.74. The van der Waals surface area contributed by atoms with Gasteiger partial charge in [0.2, 0.25) is 11.8 Å². The summed E-state index contributed by atoms with van der Waals surface area (Å²) in [4.78, 5) is 32.1. The summed E-state index contributed by atoms with van der Waals surface area (Å²) in [6, 6.07) is 12.7. The Hall–Kier alpha value is -3.37. The summed E-state index contributed by atoms with van der Waals surface area (Å²) in [5, 5.41) is 3.20. The molecule has 2 amide bonds. The number of fused-ring (bicyclic) bond motifs is 1.